The van der Waals surface area contributed by atoms with Crippen LogP contribution in [0.15, 0.2) is 82.3 Å². The summed E-state index contributed by atoms with van der Waals surface area (Å²) in [4.78, 5) is 18.2. The van der Waals surface area contributed by atoms with Gasteiger partial charge in [-0.3, -0.25) is 10.2 Å². The lowest BCUT2D eigenvalue weighted by Crippen LogP contribution is -2.52. The predicted octanol–water partition coefficient (Wildman–Crippen LogP) is 4.44. The Morgan fingerprint density at radius 2 is 1.89 bits per heavy atom. The number of carbonyl (C=O) groups is 1. The molecule has 1 heterocycles. The molecule has 0 unspecified atom stereocenters. The molecule has 0 spiro atoms. The molecule has 0 aromatic heterocycles. The van der Waals surface area contributed by atoms with Crippen molar-refractivity contribution in [3.05, 3.63) is 99.0 Å². The van der Waals surface area contributed by atoms with Crippen LogP contribution in [0.2, 0.25) is 5.02 Å². The first kappa shape index (κ1) is 26.2. The number of aliphatic imine (C=N–C) groups is 1. The van der Waals surface area contributed by atoms with E-state index in [0.717, 1.165) is 21.2 Å². The fraction of sp³-hybridized carbons (Fsp3) is 0.259. The normalized spacial score (nSPS) is 16.8. The van der Waals surface area contributed by atoms with Crippen molar-refractivity contribution in [2.24, 2.45) is 4.99 Å². The van der Waals surface area contributed by atoms with Crippen LogP contribution >= 0.6 is 27.5 Å². The fourth-order valence-electron chi connectivity index (χ4n) is 3.76. The van der Waals surface area contributed by atoms with Crippen LogP contribution < -0.4 is 15.6 Å². The Hall–Kier alpha value is -2.91. The maximum absolute atomic E-state index is 13.4. The zero-order valence-electron chi connectivity index (χ0n) is 19.5. The molecule has 9 heteroatoms. The second-order valence-electron chi connectivity index (χ2n) is 8.43. The van der Waals surface area contributed by atoms with Gasteiger partial charge in [0.25, 0.3) is 5.91 Å². The third kappa shape index (κ3) is 6.85. The average molecular weight is 573 g/mol. The maximum atomic E-state index is 13.4. The van der Waals surface area contributed by atoms with Gasteiger partial charge < -0.3 is 14.6 Å². The molecule has 0 aliphatic carbocycles. The third-order valence-corrected chi connectivity index (χ3v) is 6.42. The summed E-state index contributed by atoms with van der Waals surface area (Å²) in [6.45, 7) is 1.04. The van der Waals surface area contributed by atoms with E-state index in [2.05, 4.69) is 26.8 Å². The molecule has 3 aromatic rings. The first-order valence-electron chi connectivity index (χ1n) is 11.6. The van der Waals surface area contributed by atoms with E-state index in [-0.39, 0.29) is 19.1 Å². The minimum atomic E-state index is -1.14. The molecule has 0 saturated carbocycles. The van der Waals surface area contributed by atoms with Gasteiger partial charge in [-0.2, -0.15) is 0 Å². The van der Waals surface area contributed by atoms with Gasteiger partial charge in [-0.1, -0.05) is 51.8 Å². The Bertz CT molecular complexity index is 1200. The number of aliphatic hydroxyl groups excluding tert-OH is 1. The zero-order chi connectivity index (χ0) is 25.4. The molecule has 3 N–H and O–H groups in total. The number of carbonyl (C=O) groups excluding carboxylic acids is 1. The van der Waals surface area contributed by atoms with Gasteiger partial charge in [0.05, 0.1) is 6.61 Å². The molecule has 0 saturated heterocycles. The molecule has 7 nitrogen and oxygen atoms in total. The van der Waals surface area contributed by atoms with Crippen molar-refractivity contribution in [1.29, 1.82) is 0 Å². The van der Waals surface area contributed by atoms with Gasteiger partial charge in [0.2, 0.25) is 5.90 Å². The summed E-state index contributed by atoms with van der Waals surface area (Å²) in [5, 5.41) is 9.55. The number of nitrogens with zero attached hydrogens (tertiary/aromatic N) is 1. The number of nitrogens with one attached hydrogen (secondary N) is 2. The molecule has 1 amide bonds. The smallest absolute Gasteiger partial charge is 0.266 e. The highest BCUT2D eigenvalue weighted by Gasteiger charge is 2.44. The third-order valence-electron chi connectivity index (χ3n) is 5.65. The quantitative estimate of drug-likeness (QED) is 0.233. The highest BCUT2D eigenvalue weighted by molar-refractivity contribution is 9.10. The highest BCUT2D eigenvalue weighted by Crippen LogP contribution is 2.28. The van der Waals surface area contributed by atoms with E-state index >= 15 is 0 Å². The topological polar surface area (TPSA) is 92.2 Å². The van der Waals surface area contributed by atoms with Crippen molar-refractivity contribution < 1.29 is 19.4 Å². The number of rotatable bonds is 11. The van der Waals surface area contributed by atoms with E-state index < -0.39 is 5.54 Å². The van der Waals surface area contributed by atoms with Gasteiger partial charge in [0.1, 0.15) is 12.4 Å². The molecule has 4 rings (SSSR count). The number of hydrazine groups is 1. The predicted molar refractivity (Wildman–Crippen MR) is 143 cm³/mol. The molecular formula is C27H27BrClN3O4. The molecule has 0 radical (unpaired) electrons. The molecule has 0 bridgehead atoms. The zero-order valence-corrected chi connectivity index (χ0v) is 21.9. The van der Waals surface area contributed by atoms with E-state index in [1.54, 1.807) is 6.07 Å². The summed E-state index contributed by atoms with van der Waals surface area (Å²) in [5.74, 6) is 0.806. The van der Waals surface area contributed by atoms with Gasteiger partial charge in [0, 0.05) is 41.1 Å². The Morgan fingerprint density at radius 1 is 1.11 bits per heavy atom. The van der Waals surface area contributed by atoms with Crippen molar-refractivity contribution in [2.45, 2.75) is 24.9 Å². The van der Waals surface area contributed by atoms with Gasteiger partial charge in [-0.05, 0) is 59.7 Å². The van der Waals surface area contributed by atoms with Crippen LogP contribution in [0.25, 0.3) is 0 Å². The standard InChI is InChI=1S/C27H27BrClN3O4/c28-22-9-5-19(6-10-22)16-27(26(34)32-30-17-20-3-1-4-23(29)15-20)18-36-25(31-27)21-7-11-24(12-8-21)35-14-2-13-33/h1,3-12,15,30,33H,2,13-14,16-18H2,(H,32,34)/t27-/m0/s1. The van der Waals surface area contributed by atoms with Crippen LogP contribution in [-0.2, 0) is 22.5 Å². The lowest BCUT2D eigenvalue weighted by atomic mass is 9.91. The maximum Gasteiger partial charge on any atom is 0.266 e. The molecule has 1 aliphatic rings. The van der Waals surface area contributed by atoms with Crippen molar-refractivity contribution >= 4 is 39.3 Å². The Morgan fingerprint density at radius 3 is 2.61 bits per heavy atom. The van der Waals surface area contributed by atoms with Crippen LogP contribution in [0.1, 0.15) is 23.1 Å². The van der Waals surface area contributed by atoms with E-state index in [1.807, 2.05) is 66.7 Å². The number of amides is 1. The number of aliphatic hydroxyl groups is 1. The molecule has 0 fully saturated rings. The number of halogens is 2. The summed E-state index contributed by atoms with van der Waals surface area (Å²) < 4.78 is 12.5. The molecule has 3 aromatic carbocycles. The van der Waals surface area contributed by atoms with Gasteiger partial charge in [0.15, 0.2) is 5.54 Å². The van der Waals surface area contributed by atoms with E-state index in [4.69, 9.17) is 31.2 Å². The monoisotopic (exact) mass is 571 g/mol. The van der Waals surface area contributed by atoms with Crippen molar-refractivity contribution in [3.63, 3.8) is 0 Å². The minimum Gasteiger partial charge on any atom is -0.494 e. The van der Waals surface area contributed by atoms with E-state index in [9.17, 15) is 4.79 Å². The lowest BCUT2D eigenvalue weighted by molar-refractivity contribution is -0.127. The second kappa shape index (κ2) is 12.4. The molecular weight excluding hydrogens is 546 g/mol. The summed E-state index contributed by atoms with van der Waals surface area (Å²) in [6, 6.07) is 22.6. The first-order valence-corrected chi connectivity index (χ1v) is 12.7. The summed E-state index contributed by atoms with van der Waals surface area (Å²) in [5.41, 5.74) is 7.31. The average Bonchev–Trinajstić information content (AvgIpc) is 3.31. The first-order chi connectivity index (χ1) is 17.5. The molecule has 36 heavy (non-hydrogen) atoms. The van der Waals surface area contributed by atoms with Crippen LogP contribution in [0.4, 0.5) is 0 Å². The Balaban J connectivity index is 1.51. The van der Waals surface area contributed by atoms with Crippen LogP contribution in [0.5, 0.6) is 5.75 Å². The fourth-order valence-corrected chi connectivity index (χ4v) is 4.24. The van der Waals surface area contributed by atoms with Gasteiger partial charge in [-0.15, -0.1) is 0 Å². The van der Waals surface area contributed by atoms with Crippen LogP contribution in [-0.4, -0.2) is 42.3 Å². The van der Waals surface area contributed by atoms with Gasteiger partial charge in [-0.25, -0.2) is 10.4 Å². The number of hydrogen-bond donors (Lipinski definition) is 3. The molecule has 188 valence electrons. The number of benzene rings is 3. The summed E-state index contributed by atoms with van der Waals surface area (Å²) >= 11 is 9.51. The van der Waals surface area contributed by atoms with Crippen molar-refractivity contribution in [3.8, 4) is 5.75 Å². The van der Waals surface area contributed by atoms with Crippen molar-refractivity contribution in [1.82, 2.24) is 10.9 Å². The molecule has 1 aliphatic heterocycles. The Labute approximate surface area is 223 Å². The van der Waals surface area contributed by atoms with E-state index in [1.165, 1.54) is 0 Å². The number of ether oxygens (including phenoxy) is 2. The highest BCUT2D eigenvalue weighted by atomic mass is 79.9. The summed E-state index contributed by atoms with van der Waals surface area (Å²) in [7, 11) is 0. The molecule has 1 atom stereocenters. The van der Waals surface area contributed by atoms with Crippen molar-refractivity contribution in [2.75, 3.05) is 19.8 Å². The SMILES string of the molecule is O=C(NNCc1cccc(Cl)c1)[C@]1(Cc2ccc(Br)cc2)COC(c2ccc(OCCCO)cc2)=N1. The summed E-state index contributed by atoms with van der Waals surface area (Å²) in [6.07, 6.45) is 0.938. The Kier molecular flexibility index (Phi) is 8.98. The largest absolute Gasteiger partial charge is 0.494 e. The lowest BCUT2D eigenvalue weighted by Gasteiger charge is -2.23. The van der Waals surface area contributed by atoms with Crippen LogP contribution in [0, 0.1) is 0 Å². The van der Waals surface area contributed by atoms with E-state index in [0.29, 0.717) is 42.7 Å². The minimum absolute atomic E-state index is 0.0825. The van der Waals surface area contributed by atoms with Gasteiger partial charge >= 0.3 is 0 Å². The second-order valence-corrected chi connectivity index (χ2v) is 9.78. The van der Waals surface area contributed by atoms with Crippen LogP contribution in [0.3, 0.4) is 0 Å². The number of hydrogen-bond acceptors (Lipinski definition) is 6.